The van der Waals surface area contributed by atoms with Gasteiger partial charge in [0.2, 0.25) is 47.3 Å². The van der Waals surface area contributed by atoms with Gasteiger partial charge in [-0.2, -0.15) is 13.5 Å². The summed E-state index contributed by atoms with van der Waals surface area (Å²) in [5.41, 5.74) is 5.09. The quantitative estimate of drug-likeness (QED) is 0.00572. The first kappa shape index (κ1) is 86.6. The number of likely N-dealkylation sites (tertiary alicyclic amines) is 1. The molecule has 586 valence electrons. The molecule has 0 spiro atoms. The zero-order valence-corrected chi connectivity index (χ0v) is 64.2. The number of carbonyl (C=O) groups excluding carboxylic acids is 10. The van der Waals surface area contributed by atoms with Gasteiger partial charge in [-0.15, -0.1) is 0 Å². The van der Waals surface area contributed by atoms with Crippen LogP contribution in [0.25, 0.3) is 0 Å². The minimum Gasteiger partial charge on any atom is -0.488 e. The van der Waals surface area contributed by atoms with Crippen LogP contribution < -0.4 is 52.7 Å². The third-order valence-corrected chi connectivity index (χ3v) is 18.4. The Hall–Kier alpha value is -10.3. The number of nitrogens with zero attached hydrogens (tertiary/aromatic N) is 3. The van der Waals surface area contributed by atoms with Crippen LogP contribution in [0.1, 0.15) is 185 Å². The predicted octanol–water partition coefficient (Wildman–Crippen LogP) is 9.02. The summed E-state index contributed by atoms with van der Waals surface area (Å²) < 4.78 is 50.1. The average molecular weight is 1510 g/mol. The highest BCUT2D eigenvalue weighted by atomic mass is 32.2. The first-order valence-electron chi connectivity index (χ1n) is 37.1. The van der Waals surface area contributed by atoms with Crippen LogP contribution in [0.5, 0.6) is 5.75 Å². The van der Waals surface area contributed by atoms with Crippen molar-refractivity contribution in [1.82, 2.24) is 47.1 Å². The molecule has 2 heterocycles. The van der Waals surface area contributed by atoms with E-state index in [1.807, 2.05) is 85.7 Å². The topological polar surface area (TPSA) is 390 Å². The molecular formula is C79H108N12O16S. The number of ether oxygens (including phenoxy) is 3. The molecule has 29 heteroatoms. The zero-order valence-electron chi connectivity index (χ0n) is 63.4. The van der Waals surface area contributed by atoms with E-state index in [1.165, 1.54) is 54.6 Å². The lowest BCUT2D eigenvalue weighted by molar-refractivity contribution is -0.138. The molecule has 28 nitrogen and oxygen atoms in total. The van der Waals surface area contributed by atoms with Crippen LogP contribution in [-0.4, -0.2) is 156 Å². The van der Waals surface area contributed by atoms with Gasteiger partial charge in [0.25, 0.3) is 16.0 Å². The number of benzene rings is 4. The largest absolute Gasteiger partial charge is 0.508 e. The number of rotatable bonds is 43. The van der Waals surface area contributed by atoms with E-state index in [9.17, 15) is 60.9 Å². The molecule has 9 amide bonds. The summed E-state index contributed by atoms with van der Waals surface area (Å²) in [6.07, 6.45) is 9.57. The molecule has 1 unspecified atom stereocenters. The second-order valence-electron chi connectivity index (χ2n) is 28.7. The van der Waals surface area contributed by atoms with Gasteiger partial charge in [-0.1, -0.05) is 133 Å². The van der Waals surface area contributed by atoms with Gasteiger partial charge in [-0.25, -0.2) is 9.78 Å². The van der Waals surface area contributed by atoms with E-state index in [1.54, 1.807) is 54.6 Å². The highest BCUT2D eigenvalue weighted by Gasteiger charge is 2.36. The van der Waals surface area contributed by atoms with Crippen LogP contribution in [0, 0.1) is 11.8 Å². The van der Waals surface area contributed by atoms with Gasteiger partial charge in [0, 0.05) is 56.8 Å². The molecule has 0 radical (unpaired) electrons. The highest BCUT2D eigenvalue weighted by Crippen LogP contribution is 2.23. The van der Waals surface area contributed by atoms with E-state index >= 15 is 0 Å². The first-order valence-corrected chi connectivity index (χ1v) is 38.5. The maximum atomic E-state index is 14.8. The summed E-state index contributed by atoms with van der Waals surface area (Å²) >= 11 is 0. The summed E-state index contributed by atoms with van der Waals surface area (Å²) in [6, 6.07) is 26.5. The molecule has 1 aliphatic rings. The number of aromatic nitrogens is 1. The number of carbonyl (C=O) groups is 10. The molecule has 5 aromatic rings. The van der Waals surface area contributed by atoms with E-state index in [0.717, 1.165) is 37.7 Å². The van der Waals surface area contributed by atoms with Gasteiger partial charge >= 0.3 is 6.16 Å². The monoisotopic (exact) mass is 1510 g/mol. The van der Waals surface area contributed by atoms with Crippen LogP contribution in [0.4, 0.5) is 16.3 Å². The molecule has 1 saturated heterocycles. The molecule has 0 bridgehead atoms. The van der Waals surface area contributed by atoms with Crippen molar-refractivity contribution in [1.29, 1.82) is 0 Å². The molecular weight excluding hydrogens is 1410 g/mol. The van der Waals surface area contributed by atoms with Crippen molar-refractivity contribution in [3.63, 3.8) is 0 Å². The minimum atomic E-state index is -4.45. The first-order chi connectivity index (χ1) is 51.4. The Labute approximate surface area is 633 Å². The van der Waals surface area contributed by atoms with Crippen molar-refractivity contribution >= 4 is 87.2 Å². The normalized spacial score (nSPS) is 14.3. The third-order valence-electron chi connectivity index (χ3n) is 17.4. The van der Waals surface area contributed by atoms with Crippen LogP contribution in [0.15, 0.2) is 131 Å². The Bertz CT molecular complexity index is 3910. The molecule has 1 aromatic heterocycles. The lowest BCUT2D eigenvalue weighted by atomic mass is 10.00. The summed E-state index contributed by atoms with van der Waals surface area (Å²) in [4.78, 5) is 141. The van der Waals surface area contributed by atoms with Crippen molar-refractivity contribution < 1.29 is 75.1 Å². The second kappa shape index (κ2) is 44.1. The van der Waals surface area contributed by atoms with E-state index < -0.39 is 100.0 Å². The number of aryl methyl sites for hydroxylation is 1. The van der Waals surface area contributed by atoms with Crippen molar-refractivity contribution in [3.8, 4) is 5.75 Å². The fraction of sp³-hybridized carbons (Fsp3) is 0.494. The minimum absolute atomic E-state index is 0.0317. The van der Waals surface area contributed by atoms with Gasteiger partial charge in [0.05, 0.1) is 18.3 Å². The van der Waals surface area contributed by atoms with Crippen molar-refractivity contribution in [2.45, 2.75) is 218 Å². The SMILES string of the molecule is CCCCC(CCCCCCC(=O)NCCNC(=O)c1ccc(N/N=C/c2ccccc2S(=O)(=O)O)nc1)OC(=O)OCc1ccc(NC(=O)[C@H](CC(C)C)NC(=O)[C@H](Cc2ccc(OC(C)(C)C)cc2)NC(=O)[C@H](CCc2ccccc2)NC(=O)CNC(=O)[C@H](CC(C)C)NC(=O)[C@@H]2CCCN2C(C)=O)cc1. The van der Waals surface area contributed by atoms with Crippen molar-refractivity contribution in [3.05, 3.63) is 149 Å². The number of hydrazone groups is 1. The maximum Gasteiger partial charge on any atom is 0.508 e. The molecule has 10 N–H and O–H groups in total. The van der Waals surface area contributed by atoms with Gasteiger partial charge in [0.15, 0.2) is 0 Å². The summed E-state index contributed by atoms with van der Waals surface area (Å²) in [7, 11) is -4.45. The Morgan fingerprint density at radius 1 is 0.657 bits per heavy atom. The van der Waals surface area contributed by atoms with Gasteiger partial charge in [-0.3, -0.25) is 53.1 Å². The molecule has 6 atom stereocenters. The summed E-state index contributed by atoms with van der Waals surface area (Å²) in [5, 5.41) is 26.4. The number of hydrogen-bond acceptors (Lipinski definition) is 18. The van der Waals surface area contributed by atoms with E-state index in [-0.39, 0.29) is 97.0 Å². The molecule has 6 rings (SSSR count). The second-order valence-corrected chi connectivity index (χ2v) is 30.1. The lowest BCUT2D eigenvalue weighted by Gasteiger charge is -2.27. The summed E-state index contributed by atoms with van der Waals surface area (Å²) in [5.74, 6) is -3.76. The number of hydrogen-bond donors (Lipinski definition) is 10. The predicted molar refractivity (Wildman–Crippen MR) is 410 cm³/mol. The van der Waals surface area contributed by atoms with E-state index in [0.29, 0.717) is 74.1 Å². The van der Waals surface area contributed by atoms with Crippen molar-refractivity contribution in [2.75, 3.05) is 36.9 Å². The standard InChI is InChI=1S/C79H108N12O16S/c1-10-11-25-61(26-17-12-13-18-29-70(93)80-42-43-81-72(95)59-35-41-69(82-48-59)90-84-49-58-24-19-20-28-68(58)108(102,103)104)106-78(101)105-51-57-30-36-60(37-31-57)85-75(98)65(46-53(4)5)87-76(99)66(47-56-32-38-62(39-33-56)107-79(7,8)9)88-74(97)63(40-34-55-22-15-14-16-23-55)86-71(94)50-83-73(96)64(45-52(2)3)89-77(100)67-27-21-44-91(67)54(6)92/h14-16,19-20,22-24,28,30-33,35-39,41,48-49,52-53,61,63-67H,10-13,17-18,21,25-27,29,34,40,42-47,50-51H2,1-9H3,(H,80,93)(H,81,95)(H,82,90)(H,83,96)(H,85,98)(H,86,94)(H,87,99)(H,88,97)(H,89,100)(H,102,103,104)/b84-49+/t61?,63-,64-,65-,66-,67-/m0/s1. The molecule has 4 aromatic carbocycles. The molecule has 0 saturated carbocycles. The summed E-state index contributed by atoms with van der Waals surface area (Å²) in [6.45, 7) is 16.9. The van der Waals surface area contributed by atoms with Gasteiger partial charge in [-0.05, 0) is 156 Å². The molecule has 108 heavy (non-hydrogen) atoms. The highest BCUT2D eigenvalue weighted by molar-refractivity contribution is 7.86. The average Bonchev–Trinajstić information content (AvgIpc) is 1.20. The van der Waals surface area contributed by atoms with Gasteiger partial charge < -0.3 is 61.6 Å². The molecule has 1 fully saturated rings. The van der Waals surface area contributed by atoms with Crippen LogP contribution in [0.3, 0.4) is 0 Å². The fourth-order valence-corrected chi connectivity index (χ4v) is 12.6. The number of nitrogens with one attached hydrogen (secondary N) is 9. The van der Waals surface area contributed by atoms with E-state index in [4.69, 9.17) is 14.2 Å². The Morgan fingerprint density at radius 2 is 1.30 bits per heavy atom. The van der Waals surface area contributed by atoms with Gasteiger partial charge in [0.1, 0.15) is 65.0 Å². The number of anilines is 2. The third kappa shape index (κ3) is 31.6. The van der Waals surface area contributed by atoms with Crippen LogP contribution in [0.2, 0.25) is 0 Å². The van der Waals surface area contributed by atoms with Crippen LogP contribution >= 0.6 is 0 Å². The number of amides is 9. The number of pyridine rings is 1. The zero-order chi connectivity index (χ0) is 78.8. The Morgan fingerprint density at radius 3 is 1.95 bits per heavy atom. The number of unbranched alkanes of at least 4 members (excludes halogenated alkanes) is 4. The van der Waals surface area contributed by atoms with Crippen molar-refractivity contribution in [2.24, 2.45) is 16.9 Å². The van der Waals surface area contributed by atoms with E-state index in [2.05, 4.69) is 58.0 Å². The molecule has 1 aliphatic heterocycles. The van der Waals surface area contributed by atoms with Crippen LogP contribution in [-0.2, 0) is 77.4 Å². The lowest BCUT2D eigenvalue weighted by Crippen LogP contribution is -2.58. The molecule has 0 aliphatic carbocycles. The Kier molecular flexibility index (Phi) is 35.4. The fourth-order valence-electron chi connectivity index (χ4n) is 12.0. The Balaban J connectivity index is 0.979. The smallest absolute Gasteiger partial charge is 0.488 e. The maximum absolute atomic E-state index is 14.8.